The number of hydrogen-bond donors (Lipinski definition) is 1. The van der Waals surface area contributed by atoms with E-state index in [2.05, 4.69) is 0 Å². The molecule has 1 aliphatic rings. The summed E-state index contributed by atoms with van der Waals surface area (Å²) in [4.78, 5) is 10.4. The average Bonchev–Trinajstić information content (AvgIpc) is 1.94. The van der Waals surface area contributed by atoms with Gasteiger partial charge in [-0.25, -0.2) is 0 Å². The van der Waals surface area contributed by atoms with Crippen LogP contribution in [0.25, 0.3) is 0 Å². The Morgan fingerprint density at radius 1 is 1.46 bits per heavy atom. The molecule has 1 N–H and O–H groups in total. The second-order valence-electron chi connectivity index (χ2n) is 4.31. The van der Waals surface area contributed by atoms with Crippen LogP contribution in [-0.2, 0) is 4.79 Å². The van der Waals surface area contributed by atoms with E-state index in [1.165, 1.54) is 6.92 Å². The molecule has 0 bridgehead atoms. The lowest BCUT2D eigenvalue weighted by molar-refractivity contribution is -0.125. The molecule has 0 heterocycles. The standard InChI is InChI=1S/C10H17ClO2/c1-8(12)7-10(13)6-4-3-5-9(10,2)11/h13H,3-7H2,1-2H3/t9-,10+/m1/s1. The van der Waals surface area contributed by atoms with E-state index in [9.17, 15) is 9.90 Å². The first-order chi connectivity index (χ1) is 5.87. The number of aliphatic hydroxyl groups is 1. The van der Waals surface area contributed by atoms with Crippen molar-refractivity contribution in [2.45, 2.75) is 56.4 Å². The van der Waals surface area contributed by atoms with Gasteiger partial charge in [-0.1, -0.05) is 12.8 Å². The van der Waals surface area contributed by atoms with Gasteiger partial charge in [0.15, 0.2) is 0 Å². The molecule has 1 rings (SSSR count). The van der Waals surface area contributed by atoms with Crippen LogP contribution in [0.1, 0.15) is 46.0 Å². The number of rotatable bonds is 2. The fraction of sp³-hybridized carbons (Fsp3) is 0.900. The lowest BCUT2D eigenvalue weighted by atomic mass is 9.73. The summed E-state index contributed by atoms with van der Waals surface area (Å²) in [7, 11) is 0. The van der Waals surface area contributed by atoms with E-state index in [1.54, 1.807) is 0 Å². The van der Waals surface area contributed by atoms with Gasteiger partial charge in [0.25, 0.3) is 0 Å². The summed E-state index contributed by atoms with van der Waals surface area (Å²) in [5, 5.41) is 10.2. The minimum absolute atomic E-state index is 0.0104. The highest BCUT2D eigenvalue weighted by Gasteiger charge is 2.47. The van der Waals surface area contributed by atoms with E-state index in [-0.39, 0.29) is 12.2 Å². The average molecular weight is 205 g/mol. The fourth-order valence-electron chi connectivity index (χ4n) is 2.05. The van der Waals surface area contributed by atoms with Crippen LogP contribution in [0.3, 0.4) is 0 Å². The molecular weight excluding hydrogens is 188 g/mol. The Hall–Kier alpha value is -0.0800. The van der Waals surface area contributed by atoms with E-state index in [0.717, 1.165) is 19.3 Å². The molecule has 0 spiro atoms. The third-order valence-corrected chi connectivity index (χ3v) is 3.54. The zero-order valence-electron chi connectivity index (χ0n) is 8.27. The molecule has 0 aromatic rings. The molecule has 2 atom stereocenters. The monoisotopic (exact) mass is 204 g/mol. The van der Waals surface area contributed by atoms with Crippen molar-refractivity contribution in [1.29, 1.82) is 0 Å². The molecule has 13 heavy (non-hydrogen) atoms. The van der Waals surface area contributed by atoms with Crippen LogP contribution in [0.2, 0.25) is 0 Å². The number of hydrogen-bond acceptors (Lipinski definition) is 2. The van der Waals surface area contributed by atoms with E-state index in [0.29, 0.717) is 6.42 Å². The van der Waals surface area contributed by atoms with E-state index < -0.39 is 10.5 Å². The topological polar surface area (TPSA) is 37.3 Å². The van der Waals surface area contributed by atoms with Gasteiger partial charge in [-0.3, -0.25) is 4.79 Å². The number of alkyl halides is 1. The highest BCUT2D eigenvalue weighted by atomic mass is 35.5. The Kier molecular flexibility index (Phi) is 3.03. The molecule has 0 unspecified atom stereocenters. The molecule has 1 aliphatic carbocycles. The van der Waals surface area contributed by atoms with Crippen LogP contribution in [0.5, 0.6) is 0 Å². The van der Waals surface area contributed by atoms with Gasteiger partial charge in [-0.2, -0.15) is 0 Å². The molecule has 1 fully saturated rings. The van der Waals surface area contributed by atoms with Crippen LogP contribution in [0.4, 0.5) is 0 Å². The zero-order valence-corrected chi connectivity index (χ0v) is 9.02. The second-order valence-corrected chi connectivity index (χ2v) is 5.15. The van der Waals surface area contributed by atoms with Crippen molar-refractivity contribution in [1.82, 2.24) is 0 Å². The number of Topliss-reactive ketones (excluding diaryl/α,β-unsaturated/α-hetero) is 1. The van der Waals surface area contributed by atoms with Crippen molar-refractivity contribution in [3.8, 4) is 0 Å². The summed E-state index contributed by atoms with van der Waals surface area (Å²) in [5.74, 6) is 0.0104. The molecule has 0 amide bonds. The smallest absolute Gasteiger partial charge is 0.132 e. The lowest BCUT2D eigenvalue weighted by Crippen LogP contribution is -2.51. The van der Waals surface area contributed by atoms with Crippen molar-refractivity contribution >= 4 is 17.4 Å². The molecule has 2 nitrogen and oxygen atoms in total. The molecular formula is C10H17ClO2. The summed E-state index contributed by atoms with van der Waals surface area (Å²) >= 11 is 6.22. The molecule has 1 saturated carbocycles. The summed E-state index contributed by atoms with van der Waals surface area (Å²) in [6, 6.07) is 0. The number of carbonyl (C=O) groups is 1. The van der Waals surface area contributed by atoms with Gasteiger partial charge in [0.1, 0.15) is 5.78 Å². The Labute approximate surface area is 84.3 Å². The SMILES string of the molecule is CC(=O)C[C@@]1(O)CCCC[C@@]1(C)Cl. The van der Waals surface area contributed by atoms with Crippen LogP contribution in [-0.4, -0.2) is 21.4 Å². The predicted molar refractivity (Wildman–Crippen MR) is 53.0 cm³/mol. The second kappa shape index (κ2) is 3.58. The molecule has 0 aliphatic heterocycles. The normalized spacial score (nSPS) is 40.3. The largest absolute Gasteiger partial charge is 0.388 e. The maximum atomic E-state index is 11.0. The maximum absolute atomic E-state index is 11.0. The minimum atomic E-state index is -0.987. The lowest BCUT2D eigenvalue weighted by Gasteiger charge is -2.44. The fourth-order valence-corrected chi connectivity index (χ4v) is 2.35. The highest BCUT2D eigenvalue weighted by Crippen LogP contribution is 2.43. The highest BCUT2D eigenvalue weighted by molar-refractivity contribution is 6.24. The van der Waals surface area contributed by atoms with E-state index in [4.69, 9.17) is 11.6 Å². The van der Waals surface area contributed by atoms with Gasteiger partial charge < -0.3 is 5.11 Å². The maximum Gasteiger partial charge on any atom is 0.132 e. The van der Waals surface area contributed by atoms with Crippen molar-refractivity contribution in [3.63, 3.8) is 0 Å². The van der Waals surface area contributed by atoms with Gasteiger partial charge in [-0.05, 0) is 26.7 Å². The molecule has 76 valence electrons. The Bertz CT molecular complexity index is 213. The van der Waals surface area contributed by atoms with Gasteiger partial charge in [-0.15, -0.1) is 11.6 Å². The minimum Gasteiger partial charge on any atom is -0.388 e. The molecule has 3 heteroatoms. The summed E-state index contributed by atoms with van der Waals surface area (Å²) < 4.78 is 0. The van der Waals surface area contributed by atoms with Gasteiger partial charge in [0.05, 0.1) is 10.5 Å². The predicted octanol–water partition coefficient (Wildman–Crippen LogP) is 2.27. The molecule has 0 saturated heterocycles. The van der Waals surface area contributed by atoms with Crippen molar-refractivity contribution < 1.29 is 9.90 Å². The van der Waals surface area contributed by atoms with Gasteiger partial charge in [0, 0.05) is 6.42 Å². The first kappa shape index (κ1) is 11.0. The molecule has 0 aromatic carbocycles. The van der Waals surface area contributed by atoms with Crippen LogP contribution in [0, 0.1) is 0 Å². The Balaban J connectivity index is 2.77. The van der Waals surface area contributed by atoms with Crippen molar-refractivity contribution in [3.05, 3.63) is 0 Å². The van der Waals surface area contributed by atoms with Crippen molar-refractivity contribution in [2.24, 2.45) is 0 Å². The third kappa shape index (κ3) is 2.23. The van der Waals surface area contributed by atoms with E-state index >= 15 is 0 Å². The van der Waals surface area contributed by atoms with Crippen LogP contribution < -0.4 is 0 Å². The number of halogens is 1. The van der Waals surface area contributed by atoms with E-state index in [1.807, 2.05) is 6.92 Å². The number of carbonyl (C=O) groups excluding carboxylic acids is 1. The quantitative estimate of drug-likeness (QED) is 0.701. The first-order valence-corrected chi connectivity index (χ1v) is 5.16. The van der Waals surface area contributed by atoms with Gasteiger partial charge >= 0.3 is 0 Å². The first-order valence-electron chi connectivity index (χ1n) is 4.78. The Morgan fingerprint density at radius 3 is 2.46 bits per heavy atom. The van der Waals surface area contributed by atoms with Gasteiger partial charge in [0.2, 0.25) is 0 Å². The van der Waals surface area contributed by atoms with Crippen LogP contribution in [0.15, 0.2) is 0 Å². The summed E-state index contributed by atoms with van der Waals surface area (Å²) in [5.41, 5.74) is -0.987. The van der Waals surface area contributed by atoms with Crippen molar-refractivity contribution in [2.75, 3.05) is 0 Å². The third-order valence-electron chi connectivity index (χ3n) is 3.00. The summed E-state index contributed by atoms with van der Waals surface area (Å²) in [6.45, 7) is 3.33. The van der Waals surface area contributed by atoms with Crippen LogP contribution >= 0.6 is 11.6 Å². The molecule has 0 radical (unpaired) electrons. The zero-order chi connectivity index (χ0) is 10.1. The Morgan fingerprint density at radius 2 is 2.00 bits per heavy atom. The molecule has 0 aromatic heterocycles. The number of ketones is 1. The summed E-state index contributed by atoms with van der Waals surface area (Å²) in [6.07, 6.45) is 3.63.